The molecule has 1 rings (SSSR count). The van der Waals surface area contributed by atoms with Gasteiger partial charge in [-0.15, -0.1) is 0 Å². The summed E-state index contributed by atoms with van der Waals surface area (Å²) in [5, 5.41) is 0. The Morgan fingerprint density at radius 3 is 2.43 bits per heavy atom. The molecular formula is C12H25NO. The Morgan fingerprint density at radius 1 is 1.21 bits per heavy atom. The summed E-state index contributed by atoms with van der Waals surface area (Å²) < 4.78 is 5.05. The Morgan fingerprint density at radius 2 is 1.86 bits per heavy atom. The Hall–Kier alpha value is -0.0800. The SMILES string of the molecule is COCCCC(N)C1CCCCCC1. The zero-order chi connectivity index (χ0) is 10.2. The molecule has 2 N–H and O–H groups in total. The van der Waals surface area contributed by atoms with E-state index in [0.717, 1.165) is 25.4 Å². The van der Waals surface area contributed by atoms with Crippen LogP contribution in [0.15, 0.2) is 0 Å². The molecule has 1 unspecified atom stereocenters. The van der Waals surface area contributed by atoms with Gasteiger partial charge in [-0.05, 0) is 31.6 Å². The fourth-order valence-electron chi connectivity index (χ4n) is 2.44. The maximum atomic E-state index is 6.20. The van der Waals surface area contributed by atoms with E-state index in [0.29, 0.717) is 6.04 Å². The number of rotatable bonds is 5. The van der Waals surface area contributed by atoms with Gasteiger partial charge in [0.25, 0.3) is 0 Å². The number of methoxy groups -OCH3 is 1. The topological polar surface area (TPSA) is 35.2 Å². The second-order valence-corrected chi connectivity index (χ2v) is 4.55. The van der Waals surface area contributed by atoms with Crippen molar-refractivity contribution in [3.8, 4) is 0 Å². The Balaban J connectivity index is 2.16. The van der Waals surface area contributed by atoms with Gasteiger partial charge in [0.05, 0.1) is 0 Å². The molecule has 0 aromatic carbocycles. The first-order valence-corrected chi connectivity index (χ1v) is 6.09. The van der Waals surface area contributed by atoms with Gasteiger partial charge in [0.1, 0.15) is 0 Å². The first kappa shape index (κ1) is 12.0. The average molecular weight is 199 g/mol. The molecule has 0 spiro atoms. The van der Waals surface area contributed by atoms with Crippen LogP contribution in [0.1, 0.15) is 51.4 Å². The highest BCUT2D eigenvalue weighted by Crippen LogP contribution is 2.26. The molecule has 2 heteroatoms. The van der Waals surface area contributed by atoms with Gasteiger partial charge in [0.15, 0.2) is 0 Å². The Kier molecular flexibility index (Phi) is 6.20. The van der Waals surface area contributed by atoms with E-state index in [1.54, 1.807) is 7.11 Å². The minimum absolute atomic E-state index is 0.420. The third kappa shape index (κ3) is 4.43. The maximum Gasteiger partial charge on any atom is 0.0462 e. The maximum absolute atomic E-state index is 6.20. The minimum Gasteiger partial charge on any atom is -0.385 e. The summed E-state index contributed by atoms with van der Waals surface area (Å²) >= 11 is 0. The molecule has 0 heterocycles. The van der Waals surface area contributed by atoms with E-state index in [4.69, 9.17) is 10.5 Å². The first-order valence-electron chi connectivity index (χ1n) is 6.09. The molecular weight excluding hydrogens is 174 g/mol. The van der Waals surface area contributed by atoms with Crippen molar-refractivity contribution in [2.75, 3.05) is 13.7 Å². The quantitative estimate of drug-likeness (QED) is 0.546. The van der Waals surface area contributed by atoms with Crippen molar-refractivity contribution in [3.05, 3.63) is 0 Å². The lowest BCUT2D eigenvalue weighted by molar-refractivity contribution is 0.186. The van der Waals surface area contributed by atoms with Gasteiger partial charge in [-0.2, -0.15) is 0 Å². The summed E-state index contributed by atoms with van der Waals surface area (Å²) in [5.74, 6) is 0.786. The van der Waals surface area contributed by atoms with Gasteiger partial charge in [-0.25, -0.2) is 0 Å². The summed E-state index contributed by atoms with van der Waals surface area (Å²) in [6.07, 6.45) is 10.6. The van der Waals surface area contributed by atoms with Crippen molar-refractivity contribution in [1.82, 2.24) is 0 Å². The van der Waals surface area contributed by atoms with E-state index >= 15 is 0 Å². The monoisotopic (exact) mass is 199 g/mol. The summed E-state index contributed by atoms with van der Waals surface area (Å²) in [6.45, 7) is 0.862. The van der Waals surface area contributed by atoms with Crippen LogP contribution in [-0.2, 0) is 4.74 Å². The lowest BCUT2D eigenvalue weighted by Gasteiger charge is -2.22. The van der Waals surface area contributed by atoms with Crippen molar-refractivity contribution in [1.29, 1.82) is 0 Å². The van der Waals surface area contributed by atoms with E-state index < -0.39 is 0 Å². The lowest BCUT2D eigenvalue weighted by Crippen LogP contribution is -2.30. The molecule has 0 saturated heterocycles. The highest BCUT2D eigenvalue weighted by Gasteiger charge is 2.18. The van der Waals surface area contributed by atoms with Crippen LogP contribution in [0.5, 0.6) is 0 Å². The van der Waals surface area contributed by atoms with Gasteiger partial charge < -0.3 is 10.5 Å². The zero-order valence-electron chi connectivity index (χ0n) is 9.50. The van der Waals surface area contributed by atoms with Crippen LogP contribution in [0.4, 0.5) is 0 Å². The molecule has 1 atom stereocenters. The van der Waals surface area contributed by atoms with Crippen molar-refractivity contribution in [2.45, 2.75) is 57.4 Å². The van der Waals surface area contributed by atoms with E-state index in [1.807, 2.05) is 0 Å². The van der Waals surface area contributed by atoms with Crippen LogP contribution in [0.25, 0.3) is 0 Å². The van der Waals surface area contributed by atoms with Crippen molar-refractivity contribution in [3.63, 3.8) is 0 Å². The van der Waals surface area contributed by atoms with E-state index in [9.17, 15) is 0 Å². The molecule has 0 bridgehead atoms. The molecule has 0 radical (unpaired) electrons. The minimum atomic E-state index is 0.420. The van der Waals surface area contributed by atoms with Crippen molar-refractivity contribution >= 4 is 0 Å². The standard InChI is InChI=1S/C12H25NO/c1-14-10-6-9-12(13)11-7-4-2-3-5-8-11/h11-12H,2-10,13H2,1H3. The van der Waals surface area contributed by atoms with Gasteiger partial charge in [-0.1, -0.05) is 25.7 Å². The summed E-state index contributed by atoms with van der Waals surface area (Å²) in [4.78, 5) is 0. The zero-order valence-corrected chi connectivity index (χ0v) is 9.50. The fraction of sp³-hybridized carbons (Fsp3) is 1.00. The fourth-order valence-corrected chi connectivity index (χ4v) is 2.44. The number of nitrogens with two attached hydrogens (primary N) is 1. The predicted molar refractivity (Wildman–Crippen MR) is 60.3 cm³/mol. The van der Waals surface area contributed by atoms with E-state index in [2.05, 4.69) is 0 Å². The predicted octanol–water partition coefficient (Wildman–Crippen LogP) is 2.71. The van der Waals surface area contributed by atoms with Crippen LogP contribution >= 0.6 is 0 Å². The third-order valence-corrected chi connectivity index (χ3v) is 3.39. The van der Waals surface area contributed by atoms with Crippen molar-refractivity contribution < 1.29 is 4.74 Å². The van der Waals surface area contributed by atoms with Crippen LogP contribution < -0.4 is 5.73 Å². The second kappa shape index (κ2) is 7.24. The summed E-state index contributed by atoms with van der Waals surface area (Å²) in [7, 11) is 1.76. The Labute approximate surface area is 88.2 Å². The average Bonchev–Trinajstić information content (AvgIpc) is 2.46. The van der Waals surface area contributed by atoms with E-state index in [1.165, 1.54) is 38.5 Å². The van der Waals surface area contributed by atoms with Crippen molar-refractivity contribution in [2.24, 2.45) is 11.7 Å². The van der Waals surface area contributed by atoms with Crippen LogP contribution in [0, 0.1) is 5.92 Å². The normalized spacial score (nSPS) is 21.9. The molecule has 0 aromatic heterocycles. The molecule has 14 heavy (non-hydrogen) atoms. The van der Waals surface area contributed by atoms with Gasteiger partial charge in [0.2, 0.25) is 0 Å². The molecule has 0 aliphatic heterocycles. The summed E-state index contributed by atoms with van der Waals surface area (Å²) in [6, 6.07) is 0.420. The number of ether oxygens (including phenoxy) is 1. The van der Waals surface area contributed by atoms with Crippen LogP contribution in [-0.4, -0.2) is 19.8 Å². The molecule has 1 aliphatic rings. The smallest absolute Gasteiger partial charge is 0.0462 e. The molecule has 0 amide bonds. The highest BCUT2D eigenvalue weighted by molar-refractivity contribution is 4.75. The molecule has 0 aromatic rings. The Bertz CT molecular complexity index is 130. The van der Waals surface area contributed by atoms with Gasteiger partial charge >= 0.3 is 0 Å². The molecule has 1 aliphatic carbocycles. The molecule has 1 saturated carbocycles. The number of hydrogen-bond acceptors (Lipinski definition) is 2. The van der Waals surface area contributed by atoms with Crippen LogP contribution in [0.2, 0.25) is 0 Å². The molecule has 84 valence electrons. The summed E-state index contributed by atoms with van der Waals surface area (Å²) in [5.41, 5.74) is 6.20. The molecule has 2 nitrogen and oxygen atoms in total. The third-order valence-electron chi connectivity index (χ3n) is 3.39. The van der Waals surface area contributed by atoms with Crippen LogP contribution in [0.3, 0.4) is 0 Å². The lowest BCUT2D eigenvalue weighted by atomic mass is 9.90. The number of hydrogen-bond donors (Lipinski definition) is 1. The second-order valence-electron chi connectivity index (χ2n) is 4.55. The van der Waals surface area contributed by atoms with Gasteiger partial charge in [-0.3, -0.25) is 0 Å². The highest BCUT2D eigenvalue weighted by atomic mass is 16.5. The first-order chi connectivity index (χ1) is 6.84. The molecule has 1 fully saturated rings. The van der Waals surface area contributed by atoms with Gasteiger partial charge in [0, 0.05) is 19.8 Å². The van der Waals surface area contributed by atoms with E-state index in [-0.39, 0.29) is 0 Å². The largest absolute Gasteiger partial charge is 0.385 e.